The summed E-state index contributed by atoms with van der Waals surface area (Å²) in [6.45, 7) is 4.38. The van der Waals surface area contributed by atoms with Gasteiger partial charge in [-0.1, -0.05) is 60.7 Å². The monoisotopic (exact) mass is 442 g/mol. The first-order chi connectivity index (χ1) is 14.8. The molecule has 2 aromatic carbocycles. The van der Waals surface area contributed by atoms with Gasteiger partial charge in [-0.2, -0.15) is 0 Å². The van der Waals surface area contributed by atoms with Gasteiger partial charge in [0.25, 0.3) is 0 Å². The molecule has 166 valence electrons. The van der Waals surface area contributed by atoms with Crippen molar-refractivity contribution in [3.63, 3.8) is 0 Å². The first kappa shape index (κ1) is 22.2. The van der Waals surface area contributed by atoms with E-state index in [0.717, 1.165) is 24.8 Å². The lowest BCUT2D eigenvalue weighted by Crippen LogP contribution is -2.59. The first-order valence-corrected chi connectivity index (χ1v) is 12.4. The van der Waals surface area contributed by atoms with E-state index in [2.05, 4.69) is 6.92 Å². The Bertz CT molecular complexity index is 1000. The molecule has 5 nitrogen and oxygen atoms in total. The molecular formula is C25H30O5S. The topological polar surface area (TPSA) is 61.8 Å². The van der Waals surface area contributed by atoms with Gasteiger partial charge in [0, 0.05) is 0 Å². The second kappa shape index (κ2) is 8.87. The van der Waals surface area contributed by atoms with Crippen LogP contribution < -0.4 is 0 Å². The first-order valence-electron chi connectivity index (χ1n) is 10.8. The van der Waals surface area contributed by atoms with Crippen molar-refractivity contribution in [2.24, 2.45) is 5.92 Å². The predicted molar refractivity (Wildman–Crippen MR) is 120 cm³/mol. The van der Waals surface area contributed by atoms with Crippen LogP contribution in [0.3, 0.4) is 0 Å². The second-order valence-electron chi connectivity index (χ2n) is 8.96. The molecular weight excluding hydrogens is 412 g/mol. The van der Waals surface area contributed by atoms with Crippen molar-refractivity contribution in [2.75, 3.05) is 12.4 Å². The van der Waals surface area contributed by atoms with E-state index in [0.29, 0.717) is 11.5 Å². The van der Waals surface area contributed by atoms with E-state index in [4.69, 9.17) is 14.5 Å². The standard InChI is InChI=1S/C25H30O5S/c1-24(28-17-9-12-20-10-5-3-6-11-20)16-15-21-18-23(24)29-30-25(21,2)19-31(26,27)22-13-7-4-8-14-22/h3-14,21,23H,15-19H2,1-2H3/t21-,23-,24-,25+/m1/s1. The van der Waals surface area contributed by atoms with Crippen molar-refractivity contribution in [2.45, 2.75) is 55.3 Å². The van der Waals surface area contributed by atoms with Crippen LogP contribution in [-0.2, 0) is 24.3 Å². The van der Waals surface area contributed by atoms with Crippen molar-refractivity contribution >= 4 is 15.9 Å². The highest BCUT2D eigenvalue weighted by atomic mass is 32.2. The van der Waals surface area contributed by atoms with E-state index in [1.807, 2.05) is 55.5 Å². The Labute approximate surface area is 184 Å². The Morgan fingerprint density at radius 1 is 1.06 bits per heavy atom. The normalized spacial score (nSPS) is 31.0. The van der Waals surface area contributed by atoms with Crippen LogP contribution in [0, 0.1) is 5.92 Å². The van der Waals surface area contributed by atoms with E-state index < -0.39 is 21.0 Å². The van der Waals surface area contributed by atoms with Crippen LogP contribution in [-0.4, -0.2) is 38.1 Å². The van der Waals surface area contributed by atoms with Gasteiger partial charge in [-0.3, -0.25) is 0 Å². The number of benzene rings is 2. The zero-order valence-corrected chi connectivity index (χ0v) is 18.9. The Balaban J connectivity index is 1.37. The summed E-state index contributed by atoms with van der Waals surface area (Å²) in [5, 5.41) is 0. The second-order valence-corrected chi connectivity index (χ2v) is 11.0. The van der Waals surface area contributed by atoms with E-state index in [-0.39, 0.29) is 17.8 Å². The molecule has 2 aromatic rings. The van der Waals surface area contributed by atoms with Crippen molar-refractivity contribution in [3.05, 3.63) is 72.3 Å². The third-order valence-electron chi connectivity index (χ3n) is 6.59. The summed E-state index contributed by atoms with van der Waals surface area (Å²) in [5.41, 5.74) is -0.204. The van der Waals surface area contributed by atoms with Crippen molar-refractivity contribution in [1.29, 1.82) is 0 Å². The highest BCUT2D eigenvalue weighted by Gasteiger charge is 2.54. The molecule has 1 saturated heterocycles. The van der Waals surface area contributed by atoms with Crippen LogP contribution in [0.4, 0.5) is 0 Å². The average molecular weight is 443 g/mol. The molecule has 2 bridgehead atoms. The Kier molecular flexibility index (Phi) is 6.35. The van der Waals surface area contributed by atoms with Gasteiger partial charge in [-0.15, -0.1) is 0 Å². The summed E-state index contributed by atoms with van der Waals surface area (Å²) in [4.78, 5) is 11.9. The van der Waals surface area contributed by atoms with Gasteiger partial charge < -0.3 is 4.74 Å². The molecule has 0 spiro atoms. The molecule has 1 aliphatic carbocycles. The molecule has 1 heterocycles. The number of fused-ring (bicyclic) bond motifs is 2. The summed E-state index contributed by atoms with van der Waals surface area (Å²) >= 11 is 0. The maximum Gasteiger partial charge on any atom is 0.181 e. The highest BCUT2D eigenvalue weighted by Crippen LogP contribution is 2.47. The summed E-state index contributed by atoms with van der Waals surface area (Å²) in [5.74, 6) is -0.0000267. The maximum atomic E-state index is 12.9. The van der Waals surface area contributed by atoms with E-state index in [1.54, 1.807) is 24.3 Å². The lowest BCUT2D eigenvalue weighted by atomic mass is 9.71. The Morgan fingerprint density at radius 2 is 1.74 bits per heavy atom. The van der Waals surface area contributed by atoms with Gasteiger partial charge in [-0.25, -0.2) is 18.2 Å². The van der Waals surface area contributed by atoms with Gasteiger partial charge >= 0.3 is 0 Å². The van der Waals surface area contributed by atoms with Crippen molar-refractivity contribution < 1.29 is 22.9 Å². The fourth-order valence-corrected chi connectivity index (χ4v) is 6.34. The lowest BCUT2D eigenvalue weighted by molar-refractivity contribution is -0.443. The molecule has 4 atom stereocenters. The number of rotatable bonds is 7. The van der Waals surface area contributed by atoms with Gasteiger partial charge in [0.1, 0.15) is 11.7 Å². The Morgan fingerprint density at radius 3 is 2.45 bits per heavy atom. The molecule has 0 radical (unpaired) electrons. The van der Waals surface area contributed by atoms with Crippen LogP contribution >= 0.6 is 0 Å². The molecule has 1 saturated carbocycles. The lowest BCUT2D eigenvalue weighted by Gasteiger charge is -2.52. The van der Waals surface area contributed by atoms with Crippen LogP contribution in [0.2, 0.25) is 0 Å². The summed E-state index contributed by atoms with van der Waals surface area (Å²) < 4.78 is 32.0. The van der Waals surface area contributed by atoms with E-state index >= 15 is 0 Å². The molecule has 0 unspecified atom stereocenters. The van der Waals surface area contributed by atoms with Gasteiger partial charge in [0.15, 0.2) is 9.84 Å². The van der Waals surface area contributed by atoms with E-state index in [1.165, 1.54) is 0 Å². The molecule has 0 aromatic heterocycles. The van der Waals surface area contributed by atoms with Crippen molar-refractivity contribution in [1.82, 2.24) is 0 Å². The number of hydrogen-bond donors (Lipinski definition) is 0. The van der Waals surface area contributed by atoms with Crippen LogP contribution in [0.15, 0.2) is 71.6 Å². The predicted octanol–water partition coefficient (Wildman–Crippen LogP) is 4.84. The largest absolute Gasteiger partial charge is 0.368 e. The average Bonchev–Trinajstić information content (AvgIpc) is 2.77. The van der Waals surface area contributed by atoms with Crippen LogP contribution in [0.5, 0.6) is 0 Å². The minimum atomic E-state index is -3.47. The molecule has 6 heteroatoms. The smallest absolute Gasteiger partial charge is 0.181 e. The highest BCUT2D eigenvalue weighted by molar-refractivity contribution is 7.91. The van der Waals surface area contributed by atoms with Gasteiger partial charge in [0.2, 0.25) is 0 Å². The molecule has 2 fully saturated rings. The fourth-order valence-electron chi connectivity index (χ4n) is 4.56. The zero-order valence-electron chi connectivity index (χ0n) is 18.1. The number of sulfone groups is 1. The third kappa shape index (κ3) is 4.93. The van der Waals surface area contributed by atoms with E-state index in [9.17, 15) is 8.42 Å². The summed E-state index contributed by atoms with van der Waals surface area (Å²) in [6.07, 6.45) is 6.18. The zero-order chi connectivity index (χ0) is 22.0. The minimum Gasteiger partial charge on any atom is -0.368 e. The molecule has 0 amide bonds. The maximum absolute atomic E-state index is 12.9. The molecule has 1 aliphatic heterocycles. The number of hydrogen-bond acceptors (Lipinski definition) is 5. The quantitative estimate of drug-likeness (QED) is 0.574. The SMILES string of the molecule is C[C@@]1(OCC=Cc2ccccc2)CC[C@@H]2C[C@H]1OO[C@@]2(C)CS(=O)(=O)c1ccccc1. The Hall–Kier alpha value is -1.99. The van der Waals surface area contributed by atoms with Crippen LogP contribution in [0.25, 0.3) is 6.08 Å². The fraction of sp³-hybridized carbons (Fsp3) is 0.440. The minimum absolute atomic E-state index is 0.0984. The van der Waals surface area contributed by atoms with Gasteiger partial charge in [0.05, 0.1) is 22.9 Å². The van der Waals surface area contributed by atoms with Crippen LogP contribution in [0.1, 0.15) is 38.7 Å². The summed E-state index contributed by atoms with van der Waals surface area (Å²) in [7, 11) is -3.47. The molecule has 2 aliphatic rings. The molecule has 0 N–H and O–H groups in total. The van der Waals surface area contributed by atoms with Gasteiger partial charge in [-0.05, 0) is 56.7 Å². The third-order valence-corrected chi connectivity index (χ3v) is 8.53. The molecule has 4 rings (SSSR count). The van der Waals surface area contributed by atoms with Crippen molar-refractivity contribution in [3.8, 4) is 0 Å². The number of ether oxygens (including phenoxy) is 1. The molecule has 31 heavy (non-hydrogen) atoms. The summed E-state index contributed by atoms with van der Waals surface area (Å²) in [6, 6.07) is 18.6.